The minimum absolute atomic E-state index is 0.00741. The average Bonchev–Trinajstić information content (AvgIpc) is 2.92. The van der Waals surface area contributed by atoms with Crippen LogP contribution in [0.2, 0.25) is 0 Å². The number of carboxylic acid groups (broad SMARTS) is 2. The van der Waals surface area contributed by atoms with E-state index in [-0.39, 0.29) is 18.0 Å². The lowest BCUT2D eigenvalue weighted by molar-refractivity contribution is -0.134. The summed E-state index contributed by atoms with van der Waals surface area (Å²) >= 11 is 0. The fourth-order valence-electron chi connectivity index (χ4n) is 3.77. The Kier molecular flexibility index (Phi) is 15.7. The van der Waals surface area contributed by atoms with E-state index in [0.717, 1.165) is 30.6 Å². The Morgan fingerprint density at radius 2 is 1.41 bits per heavy atom. The molecular weight excluding hydrogens is 530 g/mol. The highest BCUT2D eigenvalue weighted by Gasteiger charge is 2.22. The molecule has 1 amide bonds. The normalized spacial score (nSPS) is 10.9. The summed E-state index contributed by atoms with van der Waals surface area (Å²) in [5.41, 5.74) is 1.54. The number of nitrogens with two attached hydrogens (primary N) is 1. The molecule has 0 saturated carbocycles. The van der Waals surface area contributed by atoms with Crippen molar-refractivity contribution in [1.29, 1.82) is 0 Å². The number of carboxylic acids is 2. The standard InChI is InChI=1S/C26H37N3O4.C4H4O4/c1-19(2)29(20(3)4)26(30)22-11-14-24(25(17-22)31-5)33-16-8-6-7-15-32-23-12-9-21(10-13-23)18-28-27;5-3(6)1-2-4(7)8/h9-14,17-20H,6-8,15-16,27H2,1-5H3;1-2H,(H,5,6)(H,7,8). The van der Waals surface area contributed by atoms with E-state index in [4.69, 9.17) is 30.3 Å². The van der Waals surface area contributed by atoms with Gasteiger partial charge in [0.2, 0.25) is 0 Å². The lowest BCUT2D eigenvalue weighted by Crippen LogP contribution is -2.42. The first kappa shape index (κ1) is 34.5. The van der Waals surface area contributed by atoms with Crippen LogP contribution in [0.3, 0.4) is 0 Å². The van der Waals surface area contributed by atoms with E-state index in [1.54, 1.807) is 25.5 Å². The zero-order valence-corrected chi connectivity index (χ0v) is 24.3. The molecule has 0 aliphatic carbocycles. The number of ether oxygens (including phenoxy) is 3. The summed E-state index contributed by atoms with van der Waals surface area (Å²) < 4.78 is 17.1. The predicted octanol–water partition coefficient (Wildman–Crippen LogP) is 4.59. The average molecular weight is 572 g/mol. The Morgan fingerprint density at radius 1 is 0.854 bits per heavy atom. The van der Waals surface area contributed by atoms with Crippen molar-refractivity contribution >= 4 is 24.1 Å². The molecule has 0 atom stereocenters. The third-order valence-corrected chi connectivity index (χ3v) is 5.54. The maximum absolute atomic E-state index is 12.9. The van der Waals surface area contributed by atoms with Crippen LogP contribution in [0.4, 0.5) is 0 Å². The van der Waals surface area contributed by atoms with Crippen molar-refractivity contribution in [3.05, 3.63) is 65.7 Å². The molecule has 2 rings (SSSR count). The molecule has 41 heavy (non-hydrogen) atoms. The lowest BCUT2D eigenvalue weighted by Gasteiger charge is -2.31. The minimum atomic E-state index is -1.26. The van der Waals surface area contributed by atoms with Gasteiger partial charge in [0.05, 0.1) is 26.5 Å². The van der Waals surface area contributed by atoms with Crippen molar-refractivity contribution < 1.29 is 38.8 Å². The molecule has 0 aromatic heterocycles. The number of hydrogen-bond donors (Lipinski definition) is 3. The van der Waals surface area contributed by atoms with Crippen molar-refractivity contribution in [2.45, 2.75) is 59.0 Å². The highest BCUT2D eigenvalue weighted by Crippen LogP contribution is 2.29. The van der Waals surface area contributed by atoms with Crippen molar-refractivity contribution in [2.24, 2.45) is 10.9 Å². The monoisotopic (exact) mass is 571 g/mol. The van der Waals surface area contributed by atoms with Crippen molar-refractivity contribution in [3.63, 3.8) is 0 Å². The minimum Gasteiger partial charge on any atom is -0.494 e. The molecule has 0 aliphatic heterocycles. The smallest absolute Gasteiger partial charge is 0.328 e. The van der Waals surface area contributed by atoms with E-state index < -0.39 is 11.9 Å². The van der Waals surface area contributed by atoms with Crippen molar-refractivity contribution in [1.82, 2.24) is 4.90 Å². The Labute approximate surface area is 241 Å². The molecule has 0 aliphatic rings. The Morgan fingerprint density at radius 3 is 1.90 bits per heavy atom. The number of nitrogens with zero attached hydrogens (tertiary/aromatic N) is 2. The van der Waals surface area contributed by atoms with Gasteiger partial charge in [-0.3, -0.25) is 4.79 Å². The number of rotatable bonds is 15. The fraction of sp³-hybridized carbons (Fsp3) is 0.400. The SMILES string of the molecule is COc1cc(C(=O)N(C(C)C)C(C)C)ccc1OCCCCCOc1ccc(C=NN)cc1.O=C(O)C=CC(=O)O. The quantitative estimate of drug-likeness (QED) is 0.0913. The third-order valence-electron chi connectivity index (χ3n) is 5.54. The van der Waals surface area contributed by atoms with Gasteiger partial charge in [-0.2, -0.15) is 5.10 Å². The van der Waals surface area contributed by atoms with Gasteiger partial charge in [-0.05, 0) is 95.0 Å². The van der Waals surface area contributed by atoms with E-state index in [0.29, 0.717) is 42.4 Å². The molecule has 0 radical (unpaired) electrons. The molecule has 11 nitrogen and oxygen atoms in total. The molecule has 4 N–H and O–H groups in total. The molecule has 0 spiro atoms. The summed E-state index contributed by atoms with van der Waals surface area (Å²) in [5.74, 6) is 4.66. The number of benzene rings is 2. The van der Waals surface area contributed by atoms with Gasteiger partial charge in [0, 0.05) is 29.8 Å². The Hall–Kier alpha value is -4.54. The van der Waals surface area contributed by atoms with Gasteiger partial charge in [0.15, 0.2) is 11.5 Å². The highest BCUT2D eigenvalue weighted by molar-refractivity contribution is 5.95. The summed E-state index contributed by atoms with van der Waals surface area (Å²) in [6.45, 7) is 9.30. The van der Waals surface area contributed by atoms with Crippen LogP contribution in [0.25, 0.3) is 0 Å². The zero-order chi connectivity index (χ0) is 30.8. The van der Waals surface area contributed by atoms with Crippen LogP contribution in [0.5, 0.6) is 17.2 Å². The van der Waals surface area contributed by atoms with Crippen LogP contribution in [0.15, 0.2) is 59.7 Å². The van der Waals surface area contributed by atoms with Crippen LogP contribution in [-0.4, -0.2) is 71.6 Å². The van der Waals surface area contributed by atoms with Crippen LogP contribution in [0.1, 0.15) is 62.9 Å². The summed E-state index contributed by atoms with van der Waals surface area (Å²) in [5, 5.41) is 19.1. The van der Waals surface area contributed by atoms with Crippen LogP contribution < -0.4 is 20.1 Å². The van der Waals surface area contributed by atoms with Gasteiger partial charge in [0.1, 0.15) is 5.75 Å². The second-order valence-electron chi connectivity index (χ2n) is 9.38. The number of hydrazone groups is 1. The predicted molar refractivity (Wildman–Crippen MR) is 157 cm³/mol. The van der Waals surface area contributed by atoms with Gasteiger partial charge in [0.25, 0.3) is 5.91 Å². The van der Waals surface area contributed by atoms with E-state index in [9.17, 15) is 14.4 Å². The number of methoxy groups -OCH3 is 1. The molecule has 2 aromatic carbocycles. The van der Waals surface area contributed by atoms with Gasteiger partial charge in [-0.1, -0.05) is 0 Å². The summed E-state index contributed by atoms with van der Waals surface area (Å²) in [7, 11) is 1.59. The zero-order valence-electron chi connectivity index (χ0n) is 24.3. The molecule has 11 heteroatoms. The van der Waals surface area contributed by atoms with Crippen molar-refractivity contribution in [3.8, 4) is 17.2 Å². The number of carbonyl (C=O) groups is 3. The molecule has 2 aromatic rings. The number of amides is 1. The van der Waals surface area contributed by atoms with E-state index >= 15 is 0 Å². The molecule has 0 heterocycles. The third kappa shape index (κ3) is 13.4. The first-order chi connectivity index (χ1) is 19.5. The summed E-state index contributed by atoms with van der Waals surface area (Å²) in [6, 6.07) is 13.2. The van der Waals surface area contributed by atoms with Gasteiger partial charge < -0.3 is 35.2 Å². The number of hydrogen-bond acceptors (Lipinski definition) is 8. The molecule has 0 unspecified atom stereocenters. The number of aliphatic carboxylic acids is 2. The van der Waals surface area contributed by atoms with Crippen LogP contribution >= 0.6 is 0 Å². The van der Waals surface area contributed by atoms with E-state index in [2.05, 4.69) is 5.10 Å². The highest BCUT2D eigenvalue weighted by atomic mass is 16.5. The second-order valence-corrected chi connectivity index (χ2v) is 9.38. The molecule has 224 valence electrons. The second kappa shape index (κ2) is 18.7. The van der Waals surface area contributed by atoms with Gasteiger partial charge in [-0.15, -0.1) is 0 Å². The molecule has 0 fully saturated rings. The van der Waals surface area contributed by atoms with Crippen LogP contribution in [0, 0.1) is 0 Å². The fourth-order valence-corrected chi connectivity index (χ4v) is 3.77. The first-order valence-corrected chi connectivity index (χ1v) is 13.2. The van der Waals surface area contributed by atoms with Gasteiger partial charge in [-0.25, -0.2) is 9.59 Å². The molecule has 0 saturated heterocycles. The number of carbonyl (C=O) groups excluding carboxylic acids is 1. The van der Waals surface area contributed by atoms with Gasteiger partial charge >= 0.3 is 11.9 Å². The van der Waals surface area contributed by atoms with E-state index in [1.807, 2.05) is 62.9 Å². The first-order valence-electron chi connectivity index (χ1n) is 13.2. The summed E-state index contributed by atoms with van der Waals surface area (Å²) in [4.78, 5) is 33.9. The molecule has 0 bridgehead atoms. The molecular formula is C30H41N3O8. The van der Waals surface area contributed by atoms with E-state index in [1.165, 1.54) is 0 Å². The number of unbranched alkanes of at least 4 members (excludes halogenated alkanes) is 2. The Bertz CT molecular complexity index is 1140. The van der Waals surface area contributed by atoms with Crippen LogP contribution in [-0.2, 0) is 9.59 Å². The topological polar surface area (TPSA) is 161 Å². The lowest BCUT2D eigenvalue weighted by atomic mass is 10.1. The Balaban J connectivity index is 0.000000915. The van der Waals surface area contributed by atoms with Crippen molar-refractivity contribution in [2.75, 3.05) is 20.3 Å². The maximum atomic E-state index is 12.9. The largest absolute Gasteiger partial charge is 0.494 e. The maximum Gasteiger partial charge on any atom is 0.328 e. The summed E-state index contributed by atoms with van der Waals surface area (Å²) in [6.07, 6.45) is 5.52.